The second-order valence-corrected chi connectivity index (χ2v) is 6.66. The van der Waals surface area contributed by atoms with E-state index in [1.54, 1.807) is 0 Å². The molecule has 14 heavy (non-hydrogen) atoms. The lowest BCUT2D eigenvalue weighted by molar-refractivity contribution is -0.130. The summed E-state index contributed by atoms with van der Waals surface area (Å²) in [6, 6.07) is 0. The molecular formula is C12H19ClO. The lowest BCUT2D eigenvalue weighted by Gasteiger charge is -2.42. The first-order valence-corrected chi connectivity index (χ1v) is 5.96. The van der Waals surface area contributed by atoms with Gasteiger partial charge in [0.2, 0.25) is 0 Å². The van der Waals surface area contributed by atoms with Gasteiger partial charge in [-0.05, 0) is 38.5 Å². The molecule has 0 aromatic heterocycles. The minimum atomic E-state index is -0.148. The number of alkyl halides is 1. The van der Waals surface area contributed by atoms with Crippen LogP contribution in [0.3, 0.4) is 0 Å². The van der Waals surface area contributed by atoms with Crippen LogP contribution in [0.4, 0.5) is 0 Å². The molecule has 0 heterocycles. The number of hydrogen-bond donors (Lipinski definition) is 0. The Hall–Kier alpha value is -0.0400. The zero-order valence-corrected chi connectivity index (χ0v) is 10.0. The van der Waals surface area contributed by atoms with E-state index in [1.807, 2.05) is 0 Å². The predicted molar refractivity (Wildman–Crippen MR) is 58.5 cm³/mol. The molecule has 4 atom stereocenters. The summed E-state index contributed by atoms with van der Waals surface area (Å²) >= 11 is 6.39. The van der Waals surface area contributed by atoms with Gasteiger partial charge in [-0.2, -0.15) is 0 Å². The largest absolute Gasteiger partial charge is 0.299 e. The van der Waals surface area contributed by atoms with Crippen molar-refractivity contribution in [2.24, 2.45) is 17.3 Å². The van der Waals surface area contributed by atoms with Crippen molar-refractivity contribution in [1.29, 1.82) is 0 Å². The van der Waals surface area contributed by atoms with E-state index in [2.05, 4.69) is 20.8 Å². The third kappa shape index (κ3) is 1.41. The van der Waals surface area contributed by atoms with Gasteiger partial charge in [-0.25, -0.2) is 0 Å². The van der Waals surface area contributed by atoms with Crippen LogP contribution in [0.5, 0.6) is 0 Å². The second-order valence-electron chi connectivity index (χ2n) is 5.74. The van der Waals surface area contributed by atoms with Crippen LogP contribution in [-0.4, -0.2) is 10.7 Å². The Bertz CT molecular complexity index is 271. The molecule has 3 unspecified atom stereocenters. The second kappa shape index (κ2) is 2.98. The minimum absolute atomic E-state index is 0.117. The summed E-state index contributed by atoms with van der Waals surface area (Å²) in [5, 5.41) is 0. The predicted octanol–water partition coefficient (Wildman–Crippen LogP) is 3.40. The van der Waals surface area contributed by atoms with Crippen molar-refractivity contribution >= 4 is 17.4 Å². The van der Waals surface area contributed by atoms with Gasteiger partial charge in [-0.1, -0.05) is 13.8 Å². The molecule has 0 spiro atoms. The lowest BCUT2D eigenvalue weighted by Crippen LogP contribution is -2.41. The summed E-state index contributed by atoms with van der Waals surface area (Å²) in [7, 11) is 0. The summed E-state index contributed by atoms with van der Waals surface area (Å²) in [4.78, 5) is 11.9. The van der Waals surface area contributed by atoms with Gasteiger partial charge >= 0.3 is 0 Å². The molecule has 0 aromatic carbocycles. The highest BCUT2D eigenvalue weighted by molar-refractivity contribution is 6.24. The number of Topliss-reactive ketones (excluding diaryl/α,β-unsaturated/α-hetero) is 1. The van der Waals surface area contributed by atoms with Crippen molar-refractivity contribution in [3.63, 3.8) is 0 Å². The maximum atomic E-state index is 12.1. The number of ketones is 1. The maximum Gasteiger partial charge on any atom is 0.141 e. The van der Waals surface area contributed by atoms with Crippen molar-refractivity contribution in [2.75, 3.05) is 0 Å². The van der Waals surface area contributed by atoms with Gasteiger partial charge in [0, 0.05) is 16.2 Å². The van der Waals surface area contributed by atoms with Gasteiger partial charge in [0.25, 0.3) is 0 Å². The molecule has 0 aliphatic heterocycles. The molecule has 2 aliphatic rings. The van der Waals surface area contributed by atoms with Crippen LogP contribution in [0.25, 0.3) is 0 Å². The molecule has 0 N–H and O–H groups in total. The number of carbonyl (C=O) groups excluding carboxylic acids is 1. The summed E-state index contributed by atoms with van der Waals surface area (Å²) in [5.41, 5.74) is -0.117. The summed E-state index contributed by atoms with van der Waals surface area (Å²) in [6.07, 6.45) is 4.15. The molecule has 2 fully saturated rings. The molecule has 0 amide bonds. The van der Waals surface area contributed by atoms with Crippen LogP contribution < -0.4 is 0 Å². The zero-order chi connectivity index (χ0) is 10.6. The Morgan fingerprint density at radius 3 is 2.71 bits per heavy atom. The van der Waals surface area contributed by atoms with Gasteiger partial charge in [0.1, 0.15) is 5.78 Å². The number of carbonyl (C=O) groups is 1. The number of hydrogen-bond acceptors (Lipinski definition) is 1. The molecule has 80 valence electrons. The number of halogens is 1. The van der Waals surface area contributed by atoms with E-state index in [0.29, 0.717) is 11.7 Å². The van der Waals surface area contributed by atoms with Gasteiger partial charge < -0.3 is 0 Å². The Balaban J connectivity index is 2.28. The molecular weight excluding hydrogens is 196 g/mol. The van der Waals surface area contributed by atoms with Gasteiger partial charge in [0.15, 0.2) is 0 Å². The van der Waals surface area contributed by atoms with E-state index in [4.69, 9.17) is 11.6 Å². The van der Waals surface area contributed by atoms with Gasteiger partial charge in [-0.15, -0.1) is 11.6 Å². The summed E-state index contributed by atoms with van der Waals surface area (Å²) in [6.45, 7) is 6.27. The molecule has 2 rings (SSSR count). The van der Waals surface area contributed by atoms with Crippen LogP contribution in [0.1, 0.15) is 46.5 Å². The molecule has 2 heteroatoms. The highest BCUT2D eigenvalue weighted by Gasteiger charge is 2.54. The standard InChI is InChI=1S/C12H19ClO/c1-8-6-9-4-5-11(2,13)7-12(9,3)10(8)14/h8-9H,4-7H2,1-3H3/t8?,9?,11?,12-/m1/s1. The van der Waals surface area contributed by atoms with Crippen LogP contribution >= 0.6 is 11.6 Å². The first-order valence-electron chi connectivity index (χ1n) is 5.58. The van der Waals surface area contributed by atoms with E-state index in [0.717, 1.165) is 25.7 Å². The monoisotopic (exact) mass is 214 g/mol. The fourth-order valence-corrected chi connectivity index (χ4v) is 3.94. The van der Waals surface area contributed by atoms with E-state index in [9.17, 15) is 4.79 Å². The van der Waals surface area contributed by atoms with Crippen LogP contribution in [-0.2, 0) is 4.79 Å². The van der Waals surface area contributed by atoms with Crippen molar-refractivity contribution in [2.45, 2.75) is 51.3 Å². The van der Waals surface area contributed by atoms with Gasteiger partial charge in [0.05, 0.1) is 0 Å². The third-order valence-electron chi connectivity index (χ3n) is 4.30. The summed E-state index contributed by atoms with van der Waals surface area (Å²) < 4.78 is 0. The smallest absolute Gasteiger partial charge is 0.141 e. The van der Waals surface area contributed by atoms with Crippen molar-refractivity contribution in [3.05, 3.63) is 0 Å². The zero-order valence-electron chi connectivity index (χ0n) is 9.27. The van der Waals surface area contributed by atoms with E-state index in [1.165, 1.54) is 0 Å². The molecule has 0 bridgehead atoms. The topological polar surface area (TPSA) is 17.1 Å². The summed E-state index contributed by atoms with van der Waals surface area (Å²) in [5.74, 6) is 1.31. The SMILES string of the molecule is CC1CC2CCC(C)(Cl)C[C@@]2(C)C1=O. The lowest BCUT2D eigenvalue weighted by atomic mass is 9.65. The molecule has 1 nitrogen and oxygen atoms in total. The average molecular weight is 215 g/mol. The van der Waals surface area contributed by atoms with Crippen LogP contribution in [0.2, 0.25) is 0 Å². The Morgan fingerprint density at radius 2 is 2.07 bits per heavy atom. The van der Waals surface area contributed by atoms with Crippen LogP contribution in [0.15, 0.2) is 0 Å². The molecule has 2 aliphatic carbocycles. The first kappa shape index (κ1) is 10.5. The molecule has 0 radical (unpaired) electrons. The highest BCUT2D eigenvalue weighted by Crippen LogP contribution is 2.55. The molecule has 0 saturated heterocycles. The highest BCUT2D eigenvalue weighted by atomic mass is 35.5. The fraction of sp³-hybridized carbons (Fsp3) is 0.917. The maximum absolute atomic E-state index is 12.1. The molecule has 2 saturated carbocycles. The Morgan fingerprint density at radius 1 is 1.43 bits per heavy atom. The minimum Gasteiger partial charge on any atom is -0.299 e. The van der Waals surface area contributed by atoms with Crippen molar-refractivity contribution in [3.8, 4) is 0 Å². The van der Waals surface area contributed by atoms with E-state index < -0.39 is 0 Å². The van der Waals surface area contributed by atoms with Crippen molar-refractivity contribution < 1.29 is 4.79 Å². The number of rotatable bonds is 0. The van der Waals surface area contributed by atoms with Crippen LogP contribution in [0, 0.1) is 17.3 Å². The van der Waals surface area contributed by atoms with Gasteiger partial charge in [-0.3, -0.25) is 4.79 Å². The normalized spacial score (nSPS) is 53.3. The third-order valence-corrected chi connectivity index (χ3v) is 4.62. The Kier molecular flexibility index (Phi) is 2.23. The fourth-order valence-electron chi connectivity index (χ4n) is 3.56. The number of fused-ring (bicyclic) bond motifs is 1. The first-order chi connectivity index (χ1) is 6.35. The van der Waals surface area contributed by atoms with E-state index >= 15 is 0 Å². The molecule has 0 aromatic rings. The van der Waals surface area contributed by atoms with Crippen molar-refractivity contribution in [1.82, 2.24) is 0 Å². The quantitative estimate of drug-likeness (QED) is 0.565. The Labute approximate surface area is 91.2 Å². The van der Waals surface area contributed by atoms with E-state index in [-0.39, 0.29) is 16.2 Å². The average Bonchev–Trinajstić information content (AvgIpc) is 2.26.